The number of hydrogen-bond acceptors (Lipinski definition) is 4. The molecule has 2 N–H and O–H groups in total. The number of nitrogens with zero attached hydrogens (tertiary/aromatic N) is 2. The van der Waals surface area contributed by atoms with Gasteiger partial charge >= 0.3 is 35.6 Å². The number of hydrogen-bond donors (Lipinski definition) is 2. The molecule has 0 atom stereocenters. The SMILES string of the molecule is C[Si](C)(C)c1cccc(C=Nc2c(F)c(F)c(F)c(F)c2F)c1O.C[Si](C)(C)c1cccc(C=Nc2c(F)c(F)c(F)c(F)c2F)c1O.[Cl][Ti][Cl]. The van der Waals surface area contributed by atoms with Crippen LogP contribution in [0.5, 0.6) is 11.5 Å². The van der Waals surface area contributed by atoms with Crippen molar-refractivity contribution in [3.8, 4) is 11.5 Å². The third kappa shape index (κ3) is 10.5. The molecule has 0 unspecified atom stereocenters. The van der Waals surface area contributed by atoms with Gasteiger partial charge in [0, 0.05) is 23.6 Å². The van der Waals surface area contributed by atoms with E-state index in [1.165, 1.54) is 12.1 Å². The van der Waals surface area contributed by atoms with Crippen molar-refractivity contribution in [1.82, 2.24) is 0 Å². The third-order valence-electron chi connectivity index (χ3n) is 6.79. The Balaban J connectivity index is 0.000000328. The van der Waals surface area contributed by atoms with E-state index in [0.29, 0.717) is 10.4 Å². The quantitative estimate of drug-likeness (QED) is 0.0668. The van der Waals surface area contributed by atoms with Crippen LogP contribution in [-0.2, 0) is 17.0 Å². The molecular weight excluding hydrogens is 809 g/mol. The van der Waals surface area contributed by atoms with Crippen LogP contribution in [0.25, 0.3) is 0 Å². The molecule has 0 heterocycles. The van der Waals surface area contributed by atoms with Crippen LogP contribution in [0, 0.1) is 58.2 Å². The summed E-state index contributed by atoms with van der Waals surface area (Å²) in [5.41, 5.74) is -2.36. The molecule has 0 spiro atoms. The monoisotopic (exact) mass is 836 g/mol. The van der Waals surface area contributed by atoms with E-state index in [0.717, 1.165) is 12.4 Å². The molecule has 4 rings (SSSR count). The van der Waals surface area contributed by atoms with Crippen molar-refractivity contribution in [2.45, 2.75) is 39.3 Å². The van der Waals surface area contributed by atoms with Crippen LogP contribution in [0.2, 0.25) is 39.3 Å². The minimum absolute atomic E-state index is 0.121. The zero-order valence-electron chi connectivity index (χ0n) is 27.4. The van der Waals surface area contributed by atoms with Gasteiger partial charge in [-0.25, -0.2) is 53.9 Å². The standard InChI is InChI=1S/2C16H14F5NOSi.2ClH.Ti/c2*1-24(2,3)9-6-4-5-8(16(9)23)7-22-15-13(20)11(18)10(17)12(19)14(15)21;;;/h2*4-7,23H,1-3H3;2*1H;/q;;;;+2/p-2. The van der Waals surface area contributed by atoms with E-state index < -0.39 is 103 Å². The number of aliphatic imine (C=N–C) groups is 2. The maximum absolute atomic E-state index is 13.6. The Kier molecular flexibility index (Phi) is 15.6. The van der Waals surface area contributed by atoms with Gasteiger partial charge in [0.1, 0.15) is 22.9 Å². The molecule has 0 radical (unpaired) electrons. The van der Waals surface area contributed by atoms with Crippen LogP contribution in [0.1, 0.15) is 11.1 Å². The van der Waals surface area contributed by atoms with Crippen molar-refractivity contribution in [3.63, 3.8) is 0 Å². The van der Waals surface area contributed by atoms with Crippen molar-refractivity contribution in [2.75, 3.05) is 0 Å². The van der Waals surface area contributed by atoms with E-state index in [-0.39, 0.29) is 22.6 Å². The second-order valence-electron chi connectivity index (χ2n) is 12.4. The molecule has 0 fully saturated rings. The normalized spacial score (nSPS) is 11.7. The van der Waals surface area contributed by atoms with Crippen LogP contribution < -0.4 is 10.4 Å². The first-order valence-corrected chi connectivity index (χ1v) is 25.5. The van der Waals surface area contributed by atoms with Crippen molar-refractivity contribution >= 4 is 68.9 Å². The number of phenolic OH excluding ortho intramolecular Hbond substituents is 2. The summed E-state index contributed by atoms with van der Waals surface area (Å²) in [4.78, 5) is 6.71. The zero-order chi connectivity index (χ0) is 39.2. The fourth-order valence-corrected chi connectivity index (χ4v) is 7.12. The fourth-order valence-electron chi connectivity index (χ4n) is 4.22. The molecule has 4 aromatic rings. The number of phenols is 2. The Bertz CT molecular complexity index is 1780. The van der Waals surface area contributed by atoms with Crippen LogP contribution in [0.4, 0.5) is 55.3 Å². The van der Waals surface area contributed by atoms with Gasteiger partial charge in [-0.15, -0.1) is 0 Å². The average molecular weight is 838 g/mol. The Labute approximate surface area is 305 Å². The van der Waals surface area contributed by atoms with Crippen molar-refractivity contribution in [1.29, 1.82) is 0 Å². The van der Waals surface area contributed by atoms with E-state index in [9.17, 15) is 54.1 Å². The van der Waals surface area contributed by atoms with Gasteiger partial charge in [-0.05, 0) is 22.5 Å². The number of para-hydroxylation sites is 2. The van der Waals surface area contributed by atoms with Gasteiger partial charge in [0.25, 0.3) is 0 Å². The summed E-state index contributed by atoms with van der Waals surface area (Å²) in [6.45, 7) is 11.9. The fraction of sp³-hybridized carbons (Fsp3) is 0.188. The van der Waals surface area contributed by atoms with Crippen LogP contribution in [0.3, 0.4) is 0 Å². The van der Waals surface area contributed by atoms with Gasteiger partial charge < -0.3 is 10.2 Å². The number of benzene rings is 4. The Morgan fingerprint density at radius 1 is 0.490 bits per heavy atom. The molecule has 0 aromatic heterocycles. The van der Waals surface area contributed by atoms with Crippen LogP contribution in [-0.4, -0.2) is 38.8 Å². The Morgan fingerprint density at radius 2 is 0.725 bits per heavy atom. The molecule has 274 valence electrons. The average Bonchev–Trinajstić information content (AvgIpc) is 3.05. The number of aromatic hydroxyl groups is 2. The summed E-state index contributed by atoms with van der Waals surface area (Å²) in [6.07, 6.45) is 1.74. The van der Waals surface area contributed by atoms with E-state index in [4.69, 9.17) is 18.6 Å². The van der Waals surface area contributed by atoms with E-state index >= 15 is 0 Å². The second-order valence-corrected chi connectivity index (χ2v) is 25.1. The first kappa shape index (κ1) is 44.0. The molecule has 0 aliphatic carbocycles. The predicted molar refractivity (Wildman–Crippen MR) is 181 cm³/mol. The topological polar surface area (TPSA) is 65.2 Å². The van der Waals surface area contributed by atoms with Gasteiger partial charge in [-0.2, -0.15) is 0 Å². The van der Waals surface area contributed by atoms with Gasteiger partial charge in [0.2, 0.25) is 11.6 Å². The number of rotatable bonds is 6. The summed E-state index contributed by atoms with van der Waals surface area (Å²) < 4.78 is 133. The molecule has 0 aliphatic heterocycles. The first-order chi connectivity index (χ1) is 23.5. The minimum atomic E-state index is -2.24. The molecule has 0 bridgehead atoms. The zero-order valence-corrected chi connectivity index (χ0v) is 32.5. The van der Waals surface area contributed by atoms with Gasteiger partial charge in [-0.1, -0.05) is 63.5 Å². The van der Waals surface area contributed by atoms with Crippen molar-refractivity contribution in [3.05, 3.63) is 106 Å². The Morgan fingerprint density at radius 3 is 0.961 bits per heavy atom. The summed E-state index contributed by atoms with van der Waals surface area (Å²) in [5, 5.41) is 21.9. The second kappa shape index (κ2) is 18.1. The molecule has 0 aliphatic rings. The summed E-state index contributed by atoms with van der Waals surface area (Å²) in [7, 11) is 5.99. The molecule has 19 heteroatoms. The van der Waals surface area contributed by atoms with E-state index in [1.807, 2.05) is 39.3 Å². The van der Waals surface area contributed by atoms with Gasteiger partial charge in [0.05, 0.1) is 16.1 Å². The molecule has 4 nitrogen and oxygen atoms in total. The van der Waals surface area contributed by atoms with Gasteiger partial charge in [-0.3, -0.25) is 0 Å². The third-order valence-corrected chi connectivity index (χ3v) is 10.8. The van der Waals surface area contributed by atoms with E-state index in [2.05, 4.69) is 9.98 Å². The molecule has 0 saturated carbocycles. The van der Waals surface area contributed by atoms with E-state index in [1.54, 1.807) is 24.3 Å². The van der Waals surface area contributed by atoms with Crippen molar-refractivity contribution in [2.24, 2.45) is 9.98 Å². The number of halogens is 12. The van der Waals surface area contributed by atoms with Gasteiger partial charge in [0.15, 0.2) is 46.5 Å². The first-order valence-electron chi connectivity index (χ1n) is 14.2. The summed E-state index contributed by atoms with van der Waals surface area (Å²) in [5.74, 6) is -21.1. The molecule has 0 amide bonds. The van der Waals surface area contributed by atoms with Crippen LogP contribution >= 0.6 is 18.6 Å². The summed E-state index contributed by atoms with van der Waals surface area (Å²) in [6, 6.07) is 9.53. The molecule has 51 heavy (non-hydrogen) atoms. The summed E-state index contributed by atoms with van der Waals surface area (Å²) >= 11 is -0.556. The molecule has 4 aromatic carbocycles. The predicted octanol–water partition coefficient (Wildman–Crippen LogP) is 10.1. The molecular formula is C32H28Cl2F10N2O2Si2Ti. The van der Waals surface area contributed by atoms with Crippen LogP contribution in [0.15, 0.2) is 46.4 Å². The van der Waals surface area contributed by atoms with Crippen molar-refractivity contribution < 1.29 is 71.1 Å². The Hall–Kier alpha value is -3.15. The molecule has 0 saturated heterocycles. The maximum atomic E-state index is 13.6.